The van der Waals surface area contributed by atoms with Crippen molar-refractivity contribution in [2.24, 2.45) is 5.92 Å². The number of rotatable bonds is 7. The molecule has 2 aliphatic rings. The molecule has 1 aromatic carbocycles. The minimum atomic E-state index is -3.17. The summed E-state index contributed by atoms with van der Waals surface area (Å²) in [5.41, 5.74) is 0.717. The zero-order valence-electron chi connectivity index (χ0n) is 19.5. The van der Waals surface area contributed by atoms with Crippen molar-refractivity contribution in [1.29, 1.82) is 0 Å². The van der Waals surface area contributed by atoms with Crippen LogP contribution in [0.1, 0.15) is 57.3 Å². The molecule has 1 atom stereocenters. The van der Waals surface area contributed by atoms with Gasteiger partial charge in [-0.05, 0) is 75.1 Å². The number of aromatic nitrogens is 2. The zero-order chi connectivity index (χ0) is 23.6. The average molecular weight is 478 g/mol. The van der Waals surface area contributed by atoms with E-state index in [4.69, 9.17) is 9.26 Å². The van der Waals surface area contributed by atoms with Crippen molar-refractivity contribution < 1.29 is 22.1 Å². The zero-order valence-corrected chi connectivity index (χ0v) is 20.3. The Bertz CT molecular complexity index is 1080. The van der Waals surface area contributed by atoms with Crippen molar-refractivity contribution in [3.63, 3.8) is 0 Å². The summed E-state index contributed by atoms with van der Waals surface area (Å²) in [4.78, 5) is 6.57. The molecule has 1 aliphatic carbocycles. The van der Waals surface area contributed by atoms with Crippen LogP contribution in [-0.2, 0) is 20.2 Å². The third-order valence-electron chi connectivity index (χ3n) is 6.42. The number of alkyl halides is 1. The summed E-state index contributed by atoms with van der Waals surface area (Å²) in [6.07, 6.45) is 8.34. The molecule has 1 unspecified atom stereocenters. The van der Waals surface area contributed by atoms with Crippen LogP contribution in [0.25, 0.3) is 5.57 Å². The Balaban J connectivity index is 1.22. The minimum Gasteiger partial charge on any atom is -0.378 e. The number of piperidine rings is 1. The van der Waals surface area contributed by atoms with Gasteiger partial charge in [-0.2, -0.15) is 4.98 Å². The van der Waals surface area contributed by atoms with E-state index in [0.29, 0.717) is 16.8 Å². The van der Waals surface area contributed by atoms with Gasteiger partial charge in [0.05, 0.1) is 11.0 Å². The second-order valence-electron chi connectivity index (χ2n) is 9.56. The largest absolute Gasteiger partial charge is 0.378 e. The minimum absolute atomic E-state index is 0.0824. The lowest BCUT2D eigenvalue weighted by Crippen LogP contribution is -2.36. The van der Waals surface area contributed by atoms with Crippen molar-refractivity contribution >= 4 is 21.4 Å². The first-order chi connectivity index (χ1) is 15.6. The number of allylic oxidation sites excluding steroid dienone is 1. The van der Waals surface area contributed by atoms with Crippen LogP contribution in [0.4, 0.5) is 10.4 Å². The van der Waals surface area contributed by atoms with E-state index in [0.717, 1.165) is 57.4 Å². The summed E-state index contributed by atoms with van der Waals surface area (Å²) in [5, 5.41) is 3.76. The molecule has 0 bridgehead atoms. The fraction of sp³-hybridized carbons (Fsp3) is 0.583. The SMILES string of the molecule is CC(C)(F)c1noc(N2CCC(COC3CC=C(c4ccc(S(C)(=O)=O)cc4)CC3)CC2)n1. The summed E-state index contributed by atoms with van der Waals surface area (Å²) in [5.74, 6) is 0.564. The molecule has 4 rings (SSSR count). The molecule has 1 aliphatic heterocycles. The maximum Gasteiger partial charge on any atom is 0.324 e. The normalized spacial score (nSPS) is 20.7. The topological polar surface area (TPSA) is 85.5 Å². The molecule has 2 aromatic rings. The van der Waals surface area contributed by atoms with E-state index in [-0.39, 0.29) is 11.9 Å². The van der Waals surface area contributed by atoms with Crippen LogP contribution in [0.5, 0.6) is 0 Å². The predicted molar refractivity (Wildman–Crippen MR) is 124 cm³/mol. The summed E-state index contributed by atoms with van der Waals surface area (Å²) in [6.45, 7) is 5.16. The highest BCUT2D eigenvalue weighted by Gasteiger charge is 2.29. The summed E-state index contributed by atoms with van der Waals surface area (Å²) in [6, 6.07) is 7.52. The van der Waals surface area contributed by atoms with Gasteiger partial charge in [0, 0.05) is 26.0 Å². The molecule has 0 radical (unpaired) electrons. The highest BCUT2D eigenvalue weighted by atomic mass is 32.2. The first-order valence-electron chi connectivity index (χ1n) is 11.5. The predicted octanol–water partition coefficient (Wildman–Crippen LogP) is 4.55. The highest BCUT2D eigenvalue weighted by molar-refractivity contribution is 7.90. The van der Waals surface area contributed by atoms with Crippen LogP contribution in [0.2, 0.25) is 0 Å². The van der Waals surface area contributed by atoms with E-state index in [1.807, 2.05) is 17.0 Å². The number of anilines is 1. The fourth-order valence-electron chi connectivity index (χ4n) is 4.29. The van der Waals surface area contributed by atoms with E-state index in [9.17, 15) is 12.8 Å². The van der Waals surface area contributed by atoms with Crippen LogP contribution in [0.3, 0.4) is 0 Å². The molecule has 9 heteroatoms. The number of hydrogen-bond acceptors (Lipinski definition) is 7. The third-order valence-corrected chi connectivity index (χ3v) is 7.54. The van der Waals surface area contributed by atoms with Gasteiger partial charge in [-0.3, -0.25) is 0 Å². The van der Waals surface area contributed by atoms with Gasteiger partial charge in [0.25, 0.3) is 0 Å². The van der Waals surface area contributed by atoms with Gasteiger partial charge in [-0.25, -0.2) is 12.8 Å². The standard InChI is InChI=1S/C24H32FN3O4S/c1-24(2,25)22-26-23(32-27-22)28-14-12-17(13-15-28)16-31-20-8-4-18(5-9-20)19-6-10-21(11-7-19)33(3,29)30/h4,6-7,10-11,17,20H,5,8-9,12-16H2,1-3H3. The van der Waals surface area contributed by atoms with E-state index in [2.05, 4.69) is 16.2 Å². The van der Waals surface area contributed by atoms with E-state index in [1.54, 1.807) is 12.1 Å². The summed E-state index contributed by atoms with van der Waals surface area (Å²) >= 11 is 0. The number of sulfone groups is 1. The quantitative estimate of drug-likeness (QED) is 0.578. The van der Waals surface area contributed by atoms with Gasteiger partial charge in [-0.1, -0.05) is 23.4 Å². The van der Waals surface area contributed by atoms with Gasteiger partial charge >= 0.3 is 6.01 Å². The van der Waals surface area contributed by atoms with Crippen LogP contribution in [-0.4, -0.2) is 50.6 Å². The van der Waals surface area contributed by atoms with Gasteiger partial charge < -0.3 is 14.2 Å². The Morgan fingerprint density at radius 1 is 1.18 bits per heavy atom. The van der Waals surface area contributed by atoms with E-state index < -0.39 is 15.5 Å². The Hall–Kier alpha value is -2.26. The van der Waals surface area contributed by atoms with Crippen molar-refractivity contribution in [2.75, 3.05) is 30.9 Å². The van der Waals surface area contributed by atoms with Gasteiger partial charge in [0.2, 0.25) is 5.82 Å². The Kier molecular flexibility index (Phi) is 6.91. The second kappa shape index (κ2) is 9.54. The van der Waals surface area contributed by atoms with Gasteiger partial charge in [-0.15, -0.1) is 0 Å². The molecule has 0 amide bonds. The molecular weight excluding hydrogens is 445 g/mol. The molecule has 1 aromatic heterocycles. The van der Waals surface area contributed by atoms with Crippen LogP contribution >= 0.6 is 0 Å². The van der Waals surface area contributed by atoms with Crippen molar-refractivity contribution in [2.45, 2.75) is 62.6 Å². The maximum absolute atomic E-state index is 14.0. The molecule has 33 heavy (non-hydrogen) atoms. The molecule has 1 fully saturated rings. The van der Waals surface area contributed by atoms with Crippen molar-refractivity contribution in [1.82, 2.24) is 10.1 Å². The molecule has 180 valence electrons. The number of ether oxygens (including phenoxy) is 1. The smallest absolute Gasteiger partial charge is 0.324 e. The first-order valence-corrected chi connectivity index (χ1v) is 13.4. The summed E-state index contributed by atoms with van der Waals surface area (Å²) in [7, 11) is -3.17. The molecule has 7 nitrogen and oxygen atoms in total. The molecule has 2 heterocycles. The number of benzene rings is 1. The molecular formula is C24H32FN3O4S. The molecule has 0 saturated carbocycles. The molecule has 0 spiro atoms. The lowest BCUT2D eigenvalue weighted by Gasteiger charge is -2.31. The first kappa shape index (κ1) is 23.9. The number of halogens is 1. The van der Waals surface area contributed by atoms with Gasteiger partial charge in [0.15, 0.2) is 15.5 Å². The van der Waals surface area contributed by atoms with Crippen LogP contribution in [0.15, 0.2) is 39.8 Å². The number of hydrogen-bond donors (Lipinski definition) is 0. The Labute approximate surface area is 194 Å². The average Bonchev–Trinajstić information content (AvgIpc) is 3.29. The fourth-order valence-corrected chi connectivity index (χ4v) is 4.92. The molecule has 1 saturated heterocycles. The number of nitrogens with zero attached hydrogens (tertiary/aromatic N) is 3. The Morgan fingerprint density at radius 3 is 2.42 bits per heavy atom. The lowest BCUT2D eigenvalue weighted by atomic mass is 9.92. The van der Waals surface area contributed by atoms with Gasteiger partial charge in [0.1, 0.15) is 0 Å². The summed E-state index contributed by atoms with van der Waals surface area (Å²) < 4.78 is 48.7. The third kappa shape index (κ3) is 6.00. The monoisotopic (exact) mass is 477 g/mol. The molecule has 0 N–H and O–H groups in total. The van der Waals surface area contributed by atoms with Crippen LogP contribution in [0, 0.1) is 5.92 Å². The van der Waals surface area contributed by atoms with E-state index in [1.165, 1.54) is 25.7 Å². The highest BCUT2D eigenvalue weighted by Crippen LogP contribution is 2.31. The second-order valence-corrected chi connectivity index (χ2v) is 11.6. The maximum atomic E-state index is 14.0. The Morgan fingerprint density at radius 2 is 1.88 bits per heavy atom. The lowest BCUT2D eigenvalue weighted by molar-refractivity contribution is 0.0196. The van der Waals surface area contributed by atoms with E-state index >= 15 is 0 Å². The van der Waals surface area contributed by atoms with Crippen molar-refractivity contribution in [3.8, 4) is 0 Å². The van der Waals surface area contributed by atoms with Crippen molar-refractivity contribution in [3.05, 3.63) is 41.7 Å². The van der Waals surface area contributed by atoms with Crippen LogP contribution < -0.4 is 4.90 Å².